The monoisotopic (exact) mass is 525 g/mol. The standard InChI is InChI=1S/C29H27N5O5/c35-18-23-22(7-4-8-24(23)33-27(36)19-5-2-1-3-6-19)21-15-25(28(37)31-17-21)32-26-10-9-20(16-30-26)29(38)34-11-13-39-14-12-34/h1-10,15-17,35H,11-14,18H2,(H,30,32)(H,31,37)(H,33,36). The van der Waals surface area contributed by atoms with Crippen molar-refractivity contribution in [3.05, 3.63) is 106 Å². The average Bonchev–Trinajstić information content (AvgIpc) is 2.99. The highest BCUT2D eigenvalue weighted by Gasteiger charge is 2.19. The first-order chi connectivity index (χ1) is 19.0. The van der Waals surface area contributed by atoms with Crippen LogP contribution in [0.5, 0.6) is 0 Å². The highest BCUT2D eigenvalue weighted by Crippen LogP contribution is 2.30. The summed E-state index contributed by atoms with van der Waals surface area (Å²) >= 11 is 0. The minimum Gasteiger partial charge on any atom is -0.392 e. The van der Waals surface area contributed by atoms with Crippen LogP contribution in [-0.2, 0) is 11.3 Å². The zero-order valence-electron chi connectivity index (χ0n) is 21.0. The van der Waals surface area contributed by atoms with E-state index >= 15 is 0 Å². The van der Waals surface area contributed by atoms with Crippen LogP contribution in [0.15, 0.2) is 83.9 Å². The number of H-pyrrole nitrogens is 1. The van der Waals surface area contributed by atoms with E-state index in [-0.39, 0.29) is 29.7 Å². The number of nitrogens with zero attached hydrogens (tertiary/aromatic N) is 2. The number of amides is 2. The van der Waals surface area contributed by atoms with Gasteiger partial charge in [-0.2, -0.15) is 0 Å². The minimum absolute atomic E-state index is 0.118. The number of nitrogens with one attached hydrogen (secondary N) is 3. The molecule has 2 aromatic carbocycles. The lowest BCUT2D eigenvalue weighted by Gasteiger charge is -2.26. The fourth-order valence-electron chi connectivity index (χ4n) is 4.34. The van der Waals surface area contributed by atoms with Crippen LogP contribution in [0.1, 0.15) is 26.3 Å². The highest BCUT2D eigenvalue weighted by atomic mass is 16.5. The van der Waals surface area contributed by atoms with E-state index in [1.165, 1.54) is 6.20 Å². The summed E-state index contributed by atoms with van der Waals surface area (Å²) in [5, 5.41) is 16.0. The molecule has 4 N–H and O–H groups in total. The number of hydrogen-bond donors (Lipinski definition) is 4. The van der Waals surface area contributed by atoms with E-state index in [0.29, 0.717) is 65.6 Å². The number of anilines is 3. The lowest BCUT2D eigenvalue weighted by atomic mass is 9.99. The first-order valence-corrected chi connectivity index (χ1v) is 12.5. The van der Waals surface area contributed by atoms with Gasteiger partial charge in [-0.1, -0.05) is 30.3 Å². The third kappa shape index (κ3) is 5.87. The van der Waals surface area contributed by atoms with Crippen molar-refractivity contribution in [1.82, 2.24) is 14.9 Å². The van der Waals surface area contributed by atoms with Crippen LogP contribution in [0.25, 0.3) is 11.1 Å². The van der Waals surface area contributed by atoms with Crippen molar-refractivity contribution >= 4 is 29.0 Å². The van der Waals surface area contributed by atoms with Crippen LogP contribution < -0.4 is 16.2 Å². The number of aromatic amines is 1. The maximum absolute atomic E-state index is 12.7. The number of carbonyl (C=O) groups is 2. The number of benzene rings is 2. The molecule has 0 aliphatic carbocycles. The molecule has 4 aromatic rings. The Labute approximate surface area is 224 Å². The molecule has 1 saturated heterocycles. The quantitative estimate of drug-likeness (QED) is 0.290. The van der Waals surface area contributed by atoms with E-state index in [0.717, 1.165) is 0 Å². The Balaban J connectivity index is 1.37. The Bertz CT molecular complexity index is 1530. The molecule has 0 unspecified atom stereocenters. The predicted octanol–water partition coefficient (Wildman–Crippen LogP) is 3.40. The molecule has 0 radical (unpaired) electrons. The van der Waals surface area contributed by atoms with Crippen LogP contribution in [0.4, 0.5) is 17.2 Å². The van der Waals surface area contributed by atoms with Crippen molar-refractivity contribution in [2.24, 2.45) is 0 Å². The van der Waals surface area contributed by atoms with Gasteiger partial charge in [-0.15, -0.1) is 0 Å². The summed E-state index contributed by atoms with van der Waals surface area (Å²) in [6.07, 6.45) is 3.02. The third-order valence-corrected chi connectivity index (χ3v) is 6.40. The second-order valence-electron chi connectivity index (χ2n) is 8.90. The number of ether oxygens (including phenoxy) is 1. The normalized spacial score (nSPS) is 13.1. The molecular weight excluding hydrogens is 498 g/mol. The molecule has 2 aromatic heterocycles. The summed E-state index contributed by atoms with van der Waals surface area (Å²) in [5.74, 6) is -0.0247. The fourth-order valence-corrected chi connectivity index (χ4v) is 4.34. The van der Waals surface area contributed by atoms with E-state index in [2.05, 4.69) is 20.6 Å². The molecule has 0 bridgehead atoms. The molecule has 10 nitrogen and oxygen atoms in total. The number of morpholine rings is 1. The molecule has 1 fully saturated rings. The van der Waals surface area contributed by atoms with E-state index in [1.54, 1.807) is 71.8 Å². The SMILES string of the molecule is O=C(Nc1cccc(-c2c[nH]c(=O)c(Nc3ccc(C(=O)N4CCOCC4)cn3)c2)c1CO)c1ccccc1. The molecule has 39 heavy (non-hydrogen) atoms. The van der Waals surface area contributed by atoms with Crippen molar-refractivity contribution in [1.29, 1.82) is 0 Å². The van der Waals surface area contributed by atoms with Crippen LogP contribution in [0.2, 0.25) is 0 Å². The largest absolute Gasteiger partial charge is 0.392 e. The van der Waals surface area contributed by atoms with Gasteiger partial charge < -0.3 is 30.4 Å². The Morgan fingerprint density at radius 2 is 1.77 bits per heavy atom. The maximum atomic E-state index is 12.7. The molecule has 198 valence electrons. The van der Waals surface area contributed by atoms with Crippen LogP contribution >= 0.6 is 0 Å². The van der Waals surface area contributed by atoms with Crippen molar-refractivity contribution in [3.63, 3.8) is 0 Å². The highest BCUT2D eigenvalue weighted by molar-refractivity contribution is 6.05. The van der Waals surface area contributed by atoms with Gasteiger partial charge in [-0.05, 0) is 42.0 Å². The number of aromatic nitrogens is 2. The van der Waals surface area contributed by atoms with Gasteiger partial charge in [-0.3, -0.25) is 14.4 Å². The van der Waals surface area contributed by atoms with Crippen molar-refractivity contribution < 1.29 is 19.4 Å². The predicted molar refractivity (Wildman–Crippen MR) is 147 cm³/mol. The molecule has 3 heterocycles. The van der Waals surface area contributed by atoms with Gasteiger partial charge in [0.25, 0.3) is 17.4 Å². The topological polar surface area (TPSA) is 137 Å². The van der Waals surface area contributed by atoms with Gasteiger partial charge in [-0.25, -0.2) is 4.98 Å². The van der Waals surface area contributed by atoms with Gasteiger partial charge in [0.1, 0.15) is 11.5 Å². The van der Waals surface area contributed by atoms with Crippen LogP contribution in [0, 0.1) is 0 Å². The van der Waals surface area contributed by atoms with E-state index < -0.39 is 0 Å². The maximum Gasteiger partial charge on any atom is 0.271 e. The van der Waals surface area contributed by atoms with Gasteiger partial charge in [0.05, 0.1) is 25.4 Å². The Kier molecular flexibility index (Phi) is 7.76. The second kappa shape index (κ2) is 11.7. The lowest BCUT2D eigenvalue weighted by molar-refractivity contribution is 0.0302. The number of rotatable bonds is 7. The molecule has 10 heteroatoms. The zero-order valence-corrected chi connectivity index (χ0v) is 21.0. The molecule has 1 aliphatic rings. The number of carbonyl (C=O) groups excluding carboxylic acids is 2. The first-order valence-electron chi connectivity index (χ1n) is 12.5. The summed E-state index contributed by atoms with van der Waals surface area (Å²) in [6.45, 7) is 1.76. The van der Waals surface area contributed by atoms with Crippen molar-refractivity contribution in [2.45, 2.75) is 6.61 Å². The molecular formula is C29H27N5O5. The van der Waals surface area contributed by atoms with Gasteiger partial charge >= 0.3 is 0 Å². The molecule has 0 saturated carbocycles. The summed E-state index contributed by atoms with van der Waals surface area (Å²) in [7, 11) is 0. The minimum atomic E-state index is -0.367. The van der Waals surface area contributed by atoms with Crippen LogP contribution in [0.3, 0.4) is 0 Å². The van der Waals surface area contributed by atoms with Gasteiger partial charge in [0.15, 0.2) is 0 Å². The number of hydrogen-bond acceptors (Lipinski definition) is 7. The Morgan fingerprint density at radius 1 is 0.974 bits per heavy atom. The van der Waals surface area contributed by atoms with E-state index in [4.69, 9.17) is 4.74 Å². The number of aliphatic hydroxyl groups is 1. The van der Waals surface area contributed by atoms with E-state index in [9.17, 15) is 19.5 Å². The third-order valence-electron chi connectivity index (χ3n) is 6.40. The second-order valence-corrected chi connectivity index (χ2v) is 8.90. The summed E-state index contributed by atoms with van der Waals surface area (Å²) < 4.78 is 5.30. The smallest absolute Gasteiger partial charge is 0.271 e. The van der Waals surface area contributed by atoms with Crippen molar-refractivity contribution in [2.75, 3.05) is 36.9 Å². The van der Waals surface area contributed by atoms with Crippen molar-refractivity contribution in [3.8, 4) is 11.1 Å². The van der Waals surface area contributed by atoms with Crippen LogP contribution in [-0.4, -0.2) is 58.1 Å². The summed E-state index contributed by atoms with van der Waals surface area (Å²) in [6, 6.07) is 19.0. The summed E-state index contributed by atoms with van der Waals surface area (Å²) in [4.78, 5) is 46.7. The van der Waals surface area contributed by atoms with E-state index in [1.807, 2.05) is 6.07 Å². The summed E-state index contributed by atoms with van der Waals surface area (Å²) in [5.41, 5.74) is 3.04. The fraction of sp³-hybridized carbons (Fsp3) is 0.172. The molecule has 0 spiro atoms. The average molecular weight is 526 g/mol. The number of aliphatic hydroxyl groups excluding tert-OH is 1. The molecule has 5 rings (SSSR count). The lowest BCUT2D eigenvalue weighted by Crippen LogP contribution is -2.40. The molecule has 1 aliphatic heterocycles. The van der Waals surface area contributed by atoms with Gasteiger partial charge in [0.2, 0.25) is 0 Å². The zero-order chi connectivity index (χ0) is 27.2. The Hall–Kier alpha value is -4.80. The van der Waals surface area contributed by atoms with Gasteiger partial charge in [0, 0.05) is 47.9 Å². The first kappa shape index (κ1) is 25.8. The molecule has 0 atom stereocenters. The number of pyridine rings is 2. The molecule has 2 amide bonds. The Morgan fingerprint density at radius 3 is 2.49 bits per heavy atom.